The fraction of sp³-hybridized carbons (Fsp3) is 0.714. The second-order valence-corrected chi connectivity index (χ2v) is 5.63. The van der Waals surface area contributed by atoms with Crippen LogP contribution in [0.3, 0.4) is 0 Å². The van der Waals surface area contributed by atoms with Crippen LogP contribution < -0.4 is 10.6 Å². The number of aromatic nitrogens is 2. The van der Waals surface area contributed by atoms with Crippen LogP contribution in [0.1, 0.15) is 36.2 Å². The van der Waals surface area contributed by atoms with Crippen molar-refractivity contribution >= 4 is 5.96 Å². The van der Waals surface area contributed by atoms with E-state index in [1.165, 1.54) is 5.56 Å². The number of rotatable bonds is 4. The minimum absolute atomic E-state index is 0.544. The lowest BCUT2D eigenvalue weighted by molar-refractivity contribution is -0.0279. The van der Waals surface area contributed by atoms with Crippen LogP contribution in [0.25, 0.3) is 0 Å². The van der Waals surface area contributed by atoms with Gasteiger partial charge in [-0.2, -0.15) is 5.10 Å². The van der Waals surface area contributed by atoms with E-state index in [0.717, 1.165) is 30.7 Å². The van der Waals surface area contributed by atoms with Crippen LogP contribution in [0.5, 0.6) is 0 Å². The Hall–Kier alpha value is -1.56. The normalized spacial score (nSPS) is 17.8. The fourth-order valence-corrected chi connectivity index (χ4v) is 2.48. The van der Waals surface area contributed by atoms with Gasteiger partial charge >= 0.3 is 0 Å². The highest BCUT2D eigenvalue weighted by Crippen LogP contribution is 2.30. The Balaban J connectivity index is 1.87. The summed E-state index contributed by atoms with van der Waals surface area (Å²) < 4.78 is 1.89. The molecule has 0 radical (unpaired) electrons. The topological polar surface area (TPSA) is 74.5 Å². The van der Waals surface area contributed by atoms with Gasteiger partial charge in [-0.25, -0.2) is 0 Å². The van der Waals surface area contributed by atoms with Gasteiger partial charge < -0.3 is 15.7 Å². The second kappa shape index (κ2) is 5.83. The maximum absolute atomic E-state index is 10.1. The first-order valence-corrected chi connectivity index (χ1v) is 7.11. The zero-order chi connectivity index (χ0) is 14.8. The summed E-state index contributed by atoms with van der Waals surface area (Å²) in [5.41, 5.74) is 2.84. The van der Waals surface area contributed by atoms with E-state index < -0.39 is 5.60 Å². The summed E-state index contributed by atoms with van der Waals surface area (Å²) in [4.78, 5) is 4.19. The summed E-state index contributed by atoms with van der Waals surface area (Å²) in [6, 6.07) is 0. The molecule has 1 aliphatic rings. The van der Waals surface area contributed by atoms with Crippen LogP contribution in [0.4, 0.5) is 0 Å². The highest BCUT2D eigenvalue weighted by Gasteiger charge is 2.34. The molecular formula is C14H25N5O. The Morgan fingerprint density at radius 2 is 2.10 bits per heavy atom. The molecule has 1 aliphatic carbocycles. The van der Waals surface area contributed by atoms with Crippen molar-refractivity contribution in [3.8, 4) is 0 Å². The molecule has 3 N–H and O–H groups in total. The van der Waals surface area contributed by atoms with Crippen molar-refractivity contribution in [3.05, 3.63) is 17.0 Å². The lowest BCUT2D eigenvalue weighted by atomic mass is 9.80. The summed E-state index contributed by atoms with van der Waals surface area (Å²) in [6.45, 7) is 5.31. The molecule has 1 aromatic rings. The van der Waals surface area contributed by atoms with E-state index >= 15 is 0 Å². The second-order valence-electron chi connectivity index (χ2n) is 5.63. The molecule has 0 atom stereocenters. The average molecular weight is 279 g/mol. The molecule has 1 fully saturated rings. The molecule has 6 nitrogen and oxygen atoms in total. The summed E-state index contributed by atoms with van der Waals surface area (Å²) >= 11 is 0. The van der Waals surface area contributed by atoms with Gasteiger partial charge in [-0.05, 0) is 33.1 Å². The van der Waals surface area contributed by atoms with Gasteiger partial charge in [0.25, 0.3) is 0 Å². The molecule has 0 unspecified atom stereocenters. The quantitative estimate of drug-likeness (QED) is 0.558. The first-order chi connectivity index (χ1) is 9.45. The minimum Gasteiger partial charge on any atom is -0.388 e. The van der Waals surface area contributed by atoms with E-state index in [2.05, 4.69) is 27.6 Å². The summed E-state index contributed by atoms with van der Waals surface area (Å²) in [7, 11) is 3.69. The highest BCUT2D eigenvalue weighted by molar-refractivity contribution is 5.79. The number of nitrogens with one attached hydrogen (secondary N) is 2. The third-order valence-corrected chi connectivity index (χ3v) is 4.18. The van der Waals surface area contributed by atoms with Crippen molar-refractivity contribution in [1.82, 2.24) is 20.4 Å². The number of aryl methyl sites for hydroxylation is 2. The molecule has 0 amide bonds. The third kappa shape index (κ3) is 3.12. The van der Waals surface area contributed by atoms with Crippen LogP contribution in [0, 0.1) is 13.8 Å². The Morgan fingerprint density at radius 3 is 2.55 bits per heavy atom. The molecular weight excluding hydrogens is 254 g/mol. The van der Waals surface area contributed by atoms with E-state index in [0.29, 0.717) is 19.0 Å². The lowest BCUT2D eigenvalue weighted by Gasteiger charge is -2.36. The molecule has 0 spiro atoms. The average Bonchev–Trinajstić information content (AvgIpc) is 2.62. The van der Waals surface area contributed by atoms with Gasteiger partial charge in [0.05, 0.1) is 11.3 Å². The first-order valence-electron chi connectivity index (χ1n) is 7.11. The molecule has 6 heteroatoms. The number of guanidine groups is 1. The van der Waals surface area contributed by atoms with E-state index in [4.69, 9.17) is 0 Å². The molecule has 2 rings (SSSR count). The van der Waals surface area contributed by atoms with Gasteiger partial charge in [0, 0.05) is 38.4 Å². The molecule has 0 bridgehead atoms. The Bertz CT molecular complexity index is 502. The van der Waals surface area contributed by atoms with Crippen LogP contribution in [0.15, 0.2) is 4.99 Å². The number of hydrogen-bond acceptors (Lipinski definition) is 3. The van der Waals surface area contributed by atoms with Crippen LogP contribution in [0.2, 0.25) is 0 Å². The Kier molecular flexibility index (Phi) is 4.32. The Labute approximate surface area is 120 Å². The van der Waals surface area contributed by atoms with Crippen molar-refractivity contribution in [2.75, 3.05) is 13.6 Å². The maximum atomic E-state index is 10.1. The number of aliphatic hydroxyl groups is 1. The SMILES string of the molecule is CN=C(NCc1c(C)nn(C)c1C)NCC1(O)CCC1. The predicted molar refractivity (Wildman–Crippen MR) is 79.7 cm³/mol. The molecule has 0 aromatic carbocycles. The van der Waals surface area contributed by atoms with E-state index in [1.54, 1.807) is 7.05 Å². The number of hydrogen-bond donors (Lipinski definition) is 3. The molecule has 1 aromatic heterocycles. The third-order valence-electron chi connectivity index (χ3n) is 4.18. The summed E-state index contributed by atoms with van der Waals surface area (Å²) in [5.74, 6) is 0.716. The van der Waals surface area contributed by atoms with Crippen molar-refractivity contribution in [3.63, 3.8) is 0 Å². The predicted octanol–water partition coefficient (Wildman–Crippen LogP) is 0.617. The highest BCUT2D eigenvalue weighted by atomic mass is 16.3. The molecule has 20 heavy (non-hydrogen) atoms. The van der Waals surface area contributed by atoms with Gasteiger partial charge in [-0.1, -0.05) is 0 Å². The van der Waals surface area contributed by atoms with Gasteiger partial charge in [0.1, 0.15) is 0 Å². The van der Waals surface area contributed by atoms with E-state index in [9.17, 15) is 5.11 Å². The van der Waals surface area contributed by atoms with Gasteiger partial charge in [0.15, 0.2) is 5.96 Å². The van der Waals surface area contributed by atoms with Crippen LogP contribution >= 0.6 is 0 Å². The fourth-order valence-electron chi connectivity index (χ4n) is 2.48. The molecule has 1 saturated carbocycles. The summed E-state index contributed by atoms with van der Waals surface area (Å²) in [6.07, 6.45) is 2.86. The standard InChI is InChI=1S/C14H25N5O/c1-10-12(11(2)19(4)18-10)8-16-13(15-3)17-9-14(20)6-5-7-14/h20H,5-9H2,1-4H3,(H2,15,16,17). The van der Waals surface area contributed by atoms with Crippen LogP contribution in [-0.2, 0) is 13.6 Å². The van der Waals surface area contributed by atoms with E-state index in [-0.39, 0.29) is 0 Å². The number of nitrogens with zero attached hydrogens (tertiary/aromatic N) is 3. The maximum Gasteiger partial charge on any atom is 0.191 e. The number of aliphatic imine (C=N–C) groups is 1. The minimum atomic E-state index is -0.544. The van der Waals surface area contributed by atoms with Crippen molar-refractivity contribution in [2.45, 2.75) is 45.3 Å². The van der Waals surface area contributed by atoms with Gasteiger partial charge in [0.2, 0.25) is 0 Å². The lowest BCUT2D eigenvalue weighted by Crippen LogP contribution is -2.50. The largest absolute Gasteiger partial charge is 0.388 e. The van der Waals surface area contributed by atoms with Crippen molar-refractivity contribution in [2.24, 2.45) is 12.0 Å². The summed E-state index contributed by atoms with van der Waals surface area (Å²) in [5, 5.41) is 20.9. The molecule has 0 aliphatic heterocycles. The van der Waals surface area contributed by atoms with Crippen molar-refractivity contribution in [1.29, 1.82) is 0 Å². The Morgan fingerprint density at radius 1 is 1.40 bits per heavy atom. The van der Waals surface area contributed by atoms with Gasteiger partial charge in [-0.3, -0.25) is 9.67 Å². The molecule has 0 saturated heterocycles. The van der Waals surface area contributed by atoms with Crippen LogP contribution in [-0.4, -0.2) is 40.0 Å². The zero-order valence-corrected chi connectivity index (χ0v) is 12.8. The molecule has 1 heterocycles. The van der Waals surface area contributed by atoms with Gasteiger partial charge in [-0.15, -0.1) is 0 Å². The van der Waals surface area contributed by atoms with Crippen molar-refractivity contribution < 1.29 is 5.11 Å². The zero-order valence-electron chi connectivity index (χ0n) is 12.8. The molecule has 112 valence electrons. The first kappa shape index (κ1) is 14.8. The van der Waals surface area contributed by atoms with E-state index in [1.807, 2.05) is 18.7 Å². The monoisotopic (exact) mass is 279 g/mol. The smallest absolute Gasteiger partial charge is 0.191 e.